The van der Waals surface area contributed by atoms with Gasteiger partial charge >= 0.3 is 0 Å². The van der Waals surface area contributed by atoms with Crippen LogP contribution in [-0.2, 0) is 9.59 Å². The highest BCUT2D eigenvalue weighted by Crippen LogP contribution is 2.43. The number of aliphatic hydroxyl groups excluding tert-OH is 1. The van der Waals surface area contributed by atoms with Crippen molar-refractivity contribution >= 4 is 28.2 Å². The molecular formula is C24H21NO4. The Kier molecular flexibility index (Phi) is 4.80. The van der Waals surface area contributed by atoms with Crippen LogP contribution in [0.25, 0.3) is 10.8 Å². The average molecular weight is 387 g/mol. The predicted octanol–water partition coefficient (Wildman–Crippen LogP) is 4.73. The van der Waals surface area contributed by atoms with Crippen molar-refractivity contribution in [1.82, 2.24) is 0 Å². The number of anilines is 1. The third kappa shape index (κ3) is 3.05. The minimum absolute atomic E-state index is 0.136. The van der Waals surface area contributed by atoms with E-state index >= 15 is 0 Å². The molecule has 0 fully saturated rings. The van der Waals surface area contributed by atoms with Crippen molar-refractivity contribution in [3.05, 3.63) is 83.6 Å². The summed E-state index contributed by atoms with van der Waals surface area (Å²) in [5.41, 5.74) is 1.48. The first-order valence-corrected chi connectivity index (χ1v) is 9.48. The summed E-state index contributed by atoms with van der Waals surface area (Å²) in [6.07, 6.45) is 0.194. The Morgan fingerprint density at radius 1 is 1.07 bits per heavy atom. The molecule has 0 spiro atoms. The van der Waals surface area contributed by atoms with E-state index in [1.165, 1.54) is 4.90 Å². The van der Waals surface area contributed by atoms with E-state index in [0.717, 1.165) is 16.3 Å². The standard InChI is InChI=1S/C24H21NO4/c1-3-20(26)21-22(19-13-6-9-15-8-4-5-12-18(15)19)25(24(28)23(21)27)16-10-7-11-17(14-16)29-2/h4-14,22,27H,3H2,1-2H3. The molecule has 3 aromatic rings. The third-order valence-electron chi connectivity index (χ3n) is 5.28. The van der Waals surface area contributed by atoms with Gasteiger partial charge in [0.25, 0.3) is 5.91 Å². The van der Waals surface area contributed by atoms with Gasteiger partial charge in [0.2, 0.25) is 0 Å². The van der Waals surface area contributed by atoms with Gasteiger partial charge in [-0.25, -0.2) is 0 Å². The lowest BCUT2D eigenvalue weighted by Crippen LogP contribution is -2.31. The number of rotatable bonds is 5. The molecule has 5 heteroatoms. The molecule has 1 atom stereocenters. The van der Waals surface area contributed by atoms with Gasteiger partial charge in [-0.05, 0) is 28.5 Å². The molecule has 146 valence electrons. The summed E-state index contributed by atoms with van der Waals surface area (Å²) >= 11 is 0. The molecular weight excluding hydrogens is 366 g/mol. The minimum Gasteiger partial charge on any atom is -0.503 e. The van der Waals surface area contributed by atoms with Gasteiger partial charge < -0.3 is 9.84 Å². The van der Waals surface area contributed by atoms with Crippen LogP contribution in [0.3, 0.4) is 0 Å². The summed E-state index contributed by atoms with van der Waals surface area (Å²) in [7, 11) is 1.55. The first-order chi connectivity index (χ1) is 14.1. The van der Waals surface area contributed by atoms with E-state index in [1.54, 1.807) is 38.3 Å². The highest BCUT2D eigenvalue weighted by Gasteiger charge is 2.44. The largest absolute Gasteiger partial charge is 0.503 e. The number of nitrogens with zero attached hydrogens (tertiary/aromatic N) is 1. The van der Waals surface area contributed by atoms with Crippen LogP contribution in [0.4, 0.5) is 5.69 Å². The summed E-state index contributed by atoms with van der Waals surface area (Å²) in [5.74, 6) is -0.744. The van der Waals surface area contributed by atoms with E-state index in [-0.39, 0.29) is 17.8 Å². The molecule has 1 N–H and O–H groups in total. The maximum Gasteiger partial charge on any atom is 0.294 e. The van der Waals surface area contributed by atoms with Crippen molar-refractivity contribution in [2.75, 3.05) is 12.0 Å². The van der Waals surface area contributed by atoms with E-state index in [0.29, 0.717) is 11.4 Å². The van der Waals surface area contributed by atoms with Gasteiger partial charge in [0, 0.05) is 18.2 Å². The van der Waals surface area contributed by atoms with E-state index < -0.39 is 17.7 Å². The predicted molar refractivity (Wildman–Crippen MR) is 112 cm³/mol. The average Bonchev–Trinajstić information content (AvgIpc) is 3.03. The zero-order chi connectivity index (χ0) is 20.5. The van der Waals surface area contributed by atoms with Crippen molar-refractivity contribution in [3.63, 3.8) is 0 Å². The molecule has 0 radical (unpaired) electrons. The molecule has 0 saturated heterocycles. The molecule has 1 heterocycles. The number of methoxy groups -OCH3 is 1. The third-order valence-corrected chi connectivity index (χ3v) is 5.28. The van der Waals surface area contributed by atoms with Crippen LogP contribution < -0.4 is 9.64 Å². The Labute approximate surface area is 168 Å². The summed E-state index contributed by atoms with van der Waals surface area (Å²) in [6.45, 7) is 1.72. The molecule has 0 bridgehead atoms. The fourth-order valence-corrected chi connectivity index (χ4v) is 3.89. The van der Waals surface area contributed by atoms with Crippen molar-refractivity contribution in [2.24, 2.45) is 0 Å². The molecule has 1 amide bonds. The highest BCUT2D eigenvalue weighted by atomic mass is 16.5. The van der Waals surface area contributed by atoms with Gasteiger partial charge in [-0.15, -0.1) is 0 Å². The van der Waals surface area contributed by atoms with Crippen molar-refractivity contribution in [1.29, 1.82) is 0 Å². The monoisotopic (exact) mass is 387 g/mol. The quantitative estimate of drug-likeness (QED) is 0.687. The molecule has 1 unspecified atom stereocenters. The zero-order valence-electron chi connectivity index (χ0n) is 16.3. The van der Waals surface area contributed by atoms with E-state index in [2.05, 4.69) is 0 Å². The van der Waals surface area contributed by atoms with Crippen LogP contribution in [0.1, 0.15) is 24.9 Å². The summed E-state index contributed by atoms with van der Waals surface area (Å²) in [6, 6.07) is 19.9. The van der Waals surface area contributed by atoms with E-state index in [4.69, 9.17) is 4.74 Å². The Bertz CT molecular complexity index is 1140. The highest BCUT2D eigenvalue weighted by molar-refractivity contribution is 6.17. The number of carbonyl (C=O) groups excluding carboxylic acids is 2. The number of benzene rings is 3. The summed E-state index contributed by atoms with van der Waals surface area (Å²) in [5, 5.41) is 12.6. The first-order valence-electron chi connectivity index (χ1n) is 9.48. The number of Topliss-reactive ketones (excluding diaryl/α,β-unsaturated/α-hetero) is 1. The molecule has 0 saturated carbocycles. The molecule has 4 rings (SSSR count). The number of aliphatic hydroxyl groups is 1. The van der Waals surface area contributed by atoms with Crippen LogP contribution in [0, 0.1) is 0 Å². The molecule has 1 aliphatic heterocycles. The maximum atomic E-state index is 13.1. The second-order valence-electron chi connectivity index (χ2n) is 6.89. The molecule has 0 aromatic heterocycles. The number of hydrogen-bond acceptors (Lipinski definition) is 4. The van der Waals surface area contributed by atoms with Gasteiger partial charge in [-0.1, -0.05) is 55.5 Å². The fraction of sp³-hybridized carbons (Fsp3) is 0.167. The Hall–Kier alpha value is -3.60. The second-order valence-corrected chi connectivity index (χ2v) is 6.89. The van der Waals surface area contributed by atoms with E-state index in [1.807, 2.05) is 42.5 Å². The number of carbonyl (C=O) groups is 2. The lowest BCUT2D eigenvalue weighted by atomic mass is 9.91. The Morgan fingerprint density at radius 3 is 2.55 bits per heavy atom. The topological polar surface area (TPSA) is 66.8 Å². The minimum atomic E-state index is -0.715. The van der Waals surface area contributed by atoms with Crippen molar-refractivity contribution in [2.45, 2.75) is 19.4 Å². The maximum absolute atomic E-state index is 13.1. The van der Waals surface area contributed by atoms with Gasteiger partial charge in [0.1, 0.15) is 5.75 Å². The molecule has 5 nitrogen and oxygen atoms in total. The Balaban J connectivity index is 1.98. The second kappa shape index (κ2) is 7.43. The van der Waals surface area contributed by atoms with Gasteiger partial charge in [-0.3, -0.25) is 14.5 Å². The van der Waals surface area contributed by atoms with Gasteiger partial charge in [-0.2, -0.15) is 0 Å². The number of amides is 1. The molecule has 3 aromatic carbocycles. The number of ketones is 1. The number of fused-ring (bicyclic) bond motifs is 1. The first kappa shape index (κ1) is 18.7. The lowest BCUT2D eigenvalue weighted by molar-refractivity contribution is -0.118. The lowest BCUT2D eigenvalue weighted by Gasteiger charge is -2.28. The van der Waals surface area contributed by atoms with Gasteiger partial charge in [0.15, 0.2) is 11.5 Å². The fourth-order valence-electron chi connectivity index (χ4n) is 3.89. The van der Waals surface area contributed by atoms with Crippen LogP contribution in [0.2, 0.25) is 0 Å². The molecule has 0 aliphatic carbocycles. The SMILES string of the molecule is CCC(=O)C1=C(O)C(=O)N(c2cccc(OC)c2)C1c1cccc2ccccc12. The van der Waals surface area contributed by atoms with E-state index in [9.17, 15) is 14.7 Å². The van der Waals surface area contributed by atoms with Crippen LogP contribution in [0.15, 0.2) is 78.1 Å². The van der Waals surface area contributed by atoms with Crippen molar-refractivity contribution in [3.8, 4) is 5.75 Å². The summed E-state index contributed by atoms with van der Waals surface area (Å²) < 4.78 is 5.30. The van der Waals surface area contributed by atoms with Crippen LogP contribution >= 0.6 is 0 Å². The van der Waals surface area contributed by atoms with Crippen LogP contribution in [-0.4, -0.2) is 23.9 Å². The van der Waals surface area contributed by atoms with Crippen LogP contribution in [0.5, 0.6) is 5.75 Å². The zero-order valence-corrected chi connectivity index (χ0v) is 16.3. The molecule has 29 heavy (non-hydrogen) atoms. The molecule has 1 aliphatic rings. The summed E-state index contributed by atoms with van der Waals surface area (Å²) in [4.78, 5) is 27.3. The number of ether oxygens (including phenoxy) is 1. The number of hydrogen-bond donors (Lipinski definition) is 1. The smallest absolute Gasteiger partial charge is 0.294 e. The normalized spacial score (nSPS) is 16.6. The van der Waals surface area contributed by atoms with Gasteiger partial charge in [0.05, 0.1) is 18.7 Å². The Morgan fingerprint density at radius 2 is 1.79 bits per heavy atom. The van der Waals surface area contributed by atoms with Crippen molar-refractivity contribution < 1.29 is 19.4 Å².